The van der Waals surface area contributed by atoms with Crippen LogP contribution in [0.5, 0.6) is 0 Å². The van der Waals surface area contributed by atoms with Crippen molar-refractivity contribution in [2.75, 3.05) is 7.11 Å². The van der Waals surface area contributed by atoms with E-state index in [1.807, 2.05) is 0 Å². The molecule has 0 bridgehead atoms. The number of carbonyl (C=O) groups excluding carboxylic acids is 1. The average Bonchev–Trinajstić information content (AvgIpc) is 2.83. The van der Waals surface area contributed by atoms with Crippen LogP contribution in [0.1, 0.15) is 13.3 Å². The fourth-order valence-corrected chi connectivity index (χ4v) is 2.69. The summed E-state index contributed by atoms with van der Waals surface area (Å²) < 4.78 is 11.5. The number of esters is 1. The largest absolute Gasteiger partial charge is 0.492 e. The van der Waals surface area contributed by atoms with Gasteiger partial charge < -0.3 is 14.0 Å². The van der Waals surface area contributed by atoms with Gasteiger partial charge in [-0.15, -0.1) is 0 Å². The fraction of sp³-hybridized carbons (Fsp3) is 0.385. The van der Waals surface area contributed by atoms with Crippen molar-refractivity contribution in [1.82, 2.24) is 4.57 Å². The number of ether oxygens (including phenoxy) is 2. The highest BCUT2D eigenvalue weighted by molar-refractivity contribution is 9.10. The Morgan fingerprint density at radius 3 is 2.91 bits per heavy atom. The van der Waals surface area contributed by atoms with Crippen LogP contribution in [0.15, 0.2) is 32.9 Å². The number of pyridine rings is 1. The van der Waals surface area contributed by atoms with E-state index in [-0.39, 0.29) is 23.1 Å². The Bertz CT molecular complexity index is 724. The van der Waals surface area contributed by atoms with E-state index >= 15 is 0 Å². The lowest BCUT2D eigenvalue weighted by Gasteiger charge is -2.13. The zero-order valence-electron chi connectivity index (χ0n) is 11.9. The molecule has 1 unspecified atom stereocenters. The summed E-state index contributed by atoms with van der Waals surface area (Å²) in [7, 11) is 1.28. The lowest BCUT2D eigenvalue weighted by Crippen LogP contribution is -2.27. The van der Waals surface area contributed by atoms with E-state index in [1.165, 1.54) is 11.7 Å². The van der Waals surface area contributed by atoms with Crippen molar-refractivity contribution in [3.63, 3.8) is 0 Å². The van der Waals surface area contributed by atoms with E-state index in [9.17, 15) is 19.7 Å². The summed E-state index contributed by atoms with van der Waals surface area (Å²) in [5.41, 5.74) is -0.203. The van der Waals surface area contributed by atoms with Gasteiger partial charge in [0.05, 0.1) is 34.8 Å². The number of aromatic nitrogens is 1. The number of nitro groups is 1. The van der Waals surface area contributed by atoms with Crippen LogP contribution in [-0.4, -0.2) is 28.7 Å². The third kappa shape index (κ3) is 3.19. The quantitative estimate of drug-likeness (QED) is 0.453. The fourth-order valence-electron chi connectivity index (χ4n) is 2.23. The average molecular weight is 373 g/mol. The number of nitrogens with zero attached hydrogens (tertiary/aromatic N) is 2. The van der Waals surface area contributed by atoms with Crippen molar-refractivity contribution in [3.05, 3.63) is 48.5 Å². The molecule has 8 nitrogen and oxygen atoms in total. The number of rotatable bonds is 4. The van der Waals surface area contributed by atoms with Gasteiger partial charge in [-0.3, -0.25) is 14.9 Å². The van der Waals surface area contributed by atoms with Crippen LogP contribution in [0.25, 0.3) is 0 Å². The molecule has 0 aromatic carbocycles. The number of hydrogen-bond acceptors (Lipinski definition) is 6. The molecule has 0 spiro atoms. The molecule has 9 heteroatoms. The van der Waals surface area contributed by atoms with Gasteiger partial charge >= 0.3 is 5.97 Å². The van der Waals surface area contributed by atoms with Crippen LogP contribution in [0.2, 0.25) is 0 Å². The van der Waals surface area contributed by atoms with Crippen molar-refractivity contribution in [3.8, 4) is 0 Å². The second-order valence-electron chi connectivity index (χ2n) is 4.73. The van der Waals surface area contributed by atoms with Gasteiger partial charge in [-0.05, 0) is 22.9 Å². The normalized spacial score (nSPS) is 17.3. The van der Waals surface area contributed by atoms with Crippen molar-refractivity contribution in [2.45, 2.75) is 26.0 Å². The van der Waals surface area contributed by atoms with Crippen molar-refractivity contribution in [1.29, 1.82) is 0 Å². The van der Waals surface area contributed by atoms with Crippen LogP contribution >= 0.6 is 15.9 Å². The SMILES string of the molecule is COC(=O)C1=C(C)OC(Cn2cc([N+](=O)[O-])cc(Br)c2=O)C1. The van der Waals surface area contributed by atoms with Crippen molar-refractivity contribution in [2.24, 2.45) is 0 Å². The van der Waals surface area contributed by atoms with Crippen molar-refractivity contribution < 1.29 is 19.2 Å². The Hall–Kier alpha value is -2.16. The molecule has 0 aliphatic carbocycles. The number of carbonyl (C=O) groups is 1. The number of allylic oxidation sites excluding steroid dienone is 1. The minimum atomic E-state index is -0.584. The van der Waals surface area contributed by atoms with Gasteiger partial charge in [0.25, 0.3) is 11.2 Å². The molecule has 0 saturated heterocycles. The Morgan fingerprint density at radius 2 is 2.32 bits per heavy atom. The van der Waals surface area contributed by atoms with Crippen LogP contribution in [0.4, 0.5) is 5.69 Å². The molecule has 1 aliphatic heterocycles. The first kappa shape index (κ1) is 16.2. The van der Waals surface area contributed by atoms with E-state index in [2.05, 4.69) is 20.7 Å². The molecular weight excluding hydrogens is 360 g/mol. The molecule has 1 aliphatic rings. The Morgan fingerprint density at radius 1 is 1.64 bits per heavy atom. The van der Waals surface area contributed by atoms with Crippen LogP contribution in [0, 0.1) is 10.1 Å². The molecule has 0 radical (unpaired) electrons. The molecule has 1 aromatic rings. The second kappa shape index (κ2) is 6.30. The number of hydrogen-bond donors (Lipinski definition) is 0. The zero-order valence-corrected chi connectivity index (χ0v) is 13.5. The zero-order chi connectivity index (χ0) is 16.4. The number of methoxy groups -OCH3 is 1. The molecule has 0 amide bonds. The standard InChI is InChI=1S/C13H13BrN2O6/c1-7-10(13(18)21-2)4-9(22-7)6-15-5-8(16(19)20)3-11(14)12(15)17/h3,5,9H,4,6H2,1-2H3. The summed E-state index contributed by atoms with van der Waals surface area (Å²) in [6.45, 7) is 1.73. The summed E-state index contributed by atoms with van der Waals surface area (Å²) in [6, 6.07) is 1.15. The first-order valence-corrected chi connectivity index (χ1v) is 7.12. The smallest absolute Gasteiger partial charge is 0.337 e. The highest BCUT2D eigenvalue weighted by atomic mass is 79.9. The highest BCUT2D eigenvalue weighted by Crippen LogP contribution is 2.27. The van der Waals surface area contributed by atoms with Gasteiger partial charge in [-0.25, -0.2) is 4.79 Å². The monoisotopic (exact) mass is 372 g/mol. The third-order valence-electron chi connectivity index (χ3n) is 3.27. The van der Waals surface area contributed by atoms with E-state index in [0.717, 1.165) is 12.3 Å². The maximum absolute atomic E-state index is 12.0. The molecule has 0 saturated carbocycles. The highest BCUT2D eigenvalue weighted by Gasteiger charge is 2.29. The van der Waals surface area contributed by atoms with E-state index in [1.54, 1.807) is 6.92 Å². The number of halogens is 1. The Balaban J connectivity index is 2.22. The molecule has 0 N–H and O–H groups in total. The van der Waals surface area contributed by atoms with Gasteiger partial charge in [0, 0.05) is 12.5 Å². The van der Waals surface area contributed by atoms with Crippen LogP contribution in [0.3, 0.4) is 0 Å². The third-order valence-corrected chi connectivity index (χ3v) is 3.84. The minimum Gasteiger partial charge on any atom is -0.492 e. The van der Waals surface area contributed by atoms with Crippen LogP contribution < -0.4 is 5.56 Å². The maximum atomic E-state index is 12.0. The Labute approximate surface area is 133 Å². The molecule has 2 heterocycles. The lowest BCUT2D eigenvalue weighted by molar-refractivity contribution is -0.385. The molecule has 1 aromatic heterocycles. The minimum absolute atomic E-state index is 0.0942. The van der Waals surface area contributed by atoms with Gasteiger partial charge in [0.1, 0.15) is 11.9 Å². The van der Waals surface area contributed by atoms with Gasteiger partial charge in [-0.2, -0.15) is 0 Å². The topological polar surface area (TPSA) is 101 Å². The second-order valence-corrected chi connectivity index (χ2v) is 5.59. The summed E-state index contributed by atoms with van der Waals surface area (Å²) >= 11 is 3.01. The van der Waals surface area contributed by atoms with E-state index in [0.29, 0.717) is 11.3 Å². The molecule has 1 atom stereocenters. The molecular formula is C13H13BrN2O6. The Kier molecular flexibility index (Phi) is 4.65. The van der Waals surface area contributed by atoms with Gasteiger partial charge in [0.2, 0.25) is 0 Å². The van der Waals surface area contributed by atoms with Gasteiger partial charge in [-0.1, -0.05) is 0 Å². The van der Waals surface area contributed by atoms with E-state index < -0.39 is 22.6 Å². The summed E-state index contributed by atoms with van der Waals surface area (Å²) in [5, 5.41) is 10.9. The predicted octanol–water partition coefficient (Wildman–Crippen LogP) is 1.75. The van der Waals surface area contributed by atoms with Gasteiger partial charge in [0.15, 0.2) is 0 Å². The molecule has 0 fully saturated rings. The van der Waals surface area contributed by atoms with Crippen molar-refractivity contribution >= 4 is 27.6 Å². The lowest BCUT2D eigenvalue weighted by atomic mass is 10.1. The summed E-state index contributed by atoms with van der Waals surface area (Å²) in [6.07, 6.45) is 0.980. The first-order chi connectivity index (χ1) is 10.3. The van der Waals surface area contributed by atoms with Crippen LogP contribution in [-0.2, 0) is 20.8 Å². The van der Waals surface area contributed by atoms with E-state index in [4.69, 9.17) is 4.74 Å². The summed E-state index contributed by atoms with van der Waals surface area (Å²) in [4.78, 5) is 33.8. The predicted molar refractivity (Wildman–Crippen MR) is 79.3 cm³/mol. The molecule has 118 valence electrons. The molecule has 22 heavy (non-hydrogen) atoms. The summed E-state index contributed by atoms with van der Waals surface area (Å²) in [5.74, 6) is -0.0398. The maximum Gasteiger partial charge on any atom is 0.337 e. The molecule has 2 rings (SSSR count). The first-order valence-electron chi connectivity index (χ1n) is 6.32.